The Morgan fingerprint density at radius 3 is 2.65 bits per heavy atom. The van der Waals surface area contributed by atoms with E-state index in [-0.39, 0.29) is 5.91 Å². The van der Waals surface area contributed by atoms with Crippen LogP contribution in [0.2, 0.25) is 5.02 Å². The first-order valence-corrected chi connectivity index (χ1v) is 11.2. The summed E-state index contributed by atoms with van der Waals surface area (Å²) in [7, 11) is 0. The molecule has 3 aromatic rings. The lowest BCUT2D eigenvalue weighted by Gasteiger charge is -2.38. The number of aliphatic hydroxyl groups is 1. The fourth-order valence-corrected chi connectivity index (χ4v) is 4.26. The highest BCUT2D eigenvalue weighted by molar-refractivity contribution is 6.31. The summed E-state index contributed by atoms with van der Waals surface area (Å²) in [4.78, 5) is 14.6. The first kappa shape index (κ1) is 21.9. The maximum Gasteiger partial charge on any atom is 0.287 e. The van der Waals surface area contributed by atoms with Gasteiger partial charge in [0.25, 0.3) is 5.91 Å². The molecule has 4 rings (SSSR count). The number of carbonyl (C=O) groups excluding carboxylic acids is 1. The largest absolute Gasteiger partial charge is 0.451 e. The van der Waals surface area contributed by atoms with Crippen LogP contribution in [-0.4, -0.2) is 35.5 Å². The molecule has 1 aliphatic rings. The summed E-state index contributed by atoms with van der Waals surface area (Å²) in [6, 6.07) is 15.3. The Morgan fingerprint density at radius 1 is 1.19 bits per heavy atom. The normalized spacial score (nSPS) is 16.7. The van der Waals surface area contributed by atoms with Crippen molar-refractivity contribution in [2.24, 2.45) is 5.92 Å². The minimum absolute atomic E-state index is 0.210. The van der Waals surface area contributed by atoms with Gasteiger partial charge in [-0.15, -0.1) is 0 Å². The Labute approximate surface area is 188 Å². The molecule has 1 aromatic heterocycles. The Hall–Kier alpha value is -2.34. The van der Waals surface area contributed by atoms with Gasteiger partial charge >= 0.3 is 0 Å². The van der Waals surface area contributed by atoms with E-state index in [0.29, 0.717) is 36.6 Å². The third kappa shape index (κ3) is 4.95. The molecule has 2 aromatic carbocycles. The minimum Gasteiger partial charge on any atom is -0.451 e. The van der Waals surface area contributed by atoms with E-state index < -0.39 is 5.60 Å². The van der Waals surface area contributed by atoms with Gasteiger partial charge in [0.15, 0.2) is 5.76 Å². The Morgan fingerprint density at radius 2 is 1.94 bits per heavy atom. The minimum atomic E-state index is -0.886. The van der Waals surface area contributed by atoms with Gasteiger partial charge in [-0.05, 0) is 54.2 Å². The van der Waals surface area contributed by atoms with Gasteiger partial charge in [0, 0.05) is 36.6 Å². The van der Waals surface area contributed by atoms with Crippen molar-refractivity contribution in [1.82, 2.24) is 10.2 Å². The van der Waals surface area contributed by atoms with Gasteiger partial charge in [0.2, 0.25) is 0 Å². The van der Waals surface area contributed by atoms with Crippen molar-refractivity contribution in [2.75, 3.05) is 19.6 Å². The van der Waals surface area contributed by atoms with Gasteiger partial charge in [-0.3, -0.25) is 9.69 Å². The van der Waals surface area contributed by atoms with Crippen molar-refractivity contribution in [2.45, 2.75) is 38.8 Å². The number of benzene rings is 2. The molecule has 31 heavy (non-hydrogen) atoms. The molecule has 2 heterocycles. The quantitative estimate of drug-likeness (QED) is 0.568. The number of carbonyl (C=O) groups is 1. The summed E-state index contributed by atoms with van der Waals surface area (Å²) >= 11 is 6.30. The summed E-state index contributed by atoms with van der Waals surface area (Å²) in [5, 5.41) is 15.8. The van der Waals surface area contributed by atoms with Crippen LogP contribution in [0.5, 0.6) is 0 Å². The molecule has 0 radical (unpaired) electrons. The third-order valence-corrected chi connectivity index (χ3v) is 6.35. The molecule has 0 unspecified atom stereocenters. The first-order valence-electron chi connectivity index (χ1n) is 10.8. The SMILES string of the molecule is CC(C)CNC(=O)c1cc2cc(C3(O)CCN(Cc4ccccc4Cl)CC3)ccc2o1. The number of nitrogens with zero attached hydrogens (tertiary/aromatic N) is 1. The zero-order valence-corrected chi connectivity index (χ0v) is 18.8. The van der Waals surface area contributed by atoms with Crippen molar-refractivity contribution in [3.05, 3.63) is 70.4 Å². The van der Waals surface area contributed by atoms with E-state index in [1.54, 1.807) is 6.07 Å². The second-order valence-electron chi connectivity index (χ2n) is 8.87. The lowest BCUT2D eigenvalue weighted by atomic mass is 9.84. The average molecular weight is 441 g/mol. The monoisotopic (exact) mass is 440 g/mol. The standard InChI is InChI=1S/C25H29ClN2O3/c1-17(2)15-27-24(29)23-14-19-13-20(7-8-22(19)31-23)25(30)9-11-28(12-10-25)16-18-5-3-4-6-21(18)26/h3-8,13-14,17,30H,9-12,15-16H2,1-2H3,(H,27,29). The van der Waals surface area contributed by atoms with Gasteiger partial charge in [-0.1, -0.05) is 49.7 Å². The van der Waals surface area contributed by atoms with Gasteiger partial charge in [-0.25, -0.2) is 0 Å². The van der Waals surface area contributed by atoms with Gasteiger partial charge in [-0.2, -0.15) is 0 Å². The number of hydrogen-bond donors (Lipinski definition) is 2. The lowest BCUT2D eigenvalue weighted by molar-refractivity contribution is -0.0276. The predicted octanol–water partition coefficient (Wildman–Crippen LogP) is 4.96. The molecule has 0 spiro atoms. The second-order valence-corrected chi connectivity index (χ2v) is 9.27. The van der Waals surface area contributed by atoms with E-state index in [1.807, 2.05) is 56.3 Å². The van der Waals surface area contributed by atoms with Crippen LogP contribution in [0.15, 0.2) is 52.9 Å². The molecule has 1 fully saturated rings. The molecule has 1 aliphatic heterocycles. The van der Waals surface area contributed by atoms with Gasteiger partial charge in [0.05, 0.1) is 5.60 Å². The number of fused-ring (bicyclic) bond motifs is 1. The number of hydrogen-bond acceptors (Lipinski definition) is 4. The summed E-state index contributed by atoms with van der Waals surface area (Å²) in [5.74, 6) is 0.463. The highest BCUT2D eigenvalue weighted by Gasteiger charge is 2.34. The van der Waals surface area contributed by atoms with E-state index in [4.69, 9.17) is 16.0 Å². The van der Waals surface area contributed by atoms with Crippen LogP contribution in [0.4, 0.5) is 0 Å². The van der Waals surface area contributed by atoms with Crippen molar-refractivity contribution in [1.29, 1.82) is 0 Å². The number of likely N-dealkylation sites (tertiary alicyclic amines) is 1. The van der Waals surface area contributed by atoms with Crippen LogP contribution in [0.3, 0.4) is 0 Å². The Bertz CT molecular complexity index is 1070. The molecule has 164 valence electrons. The zero-order chi connectivity index (χ0) is 22.0. The molecular formula is C25H29ClN2O3. The molecule has 0 bridgehead atoms. The molecule has 1 amide bonds. The molecule has 0 saturated carbocycles. The molecule has 2 N–H and O–H groups in total. The summed E-state index contributed by atoms with van der Waals surface area (Å²) in [6.07, 6.45) is 1.28. The molecule has 1 saturated heterocycles. The van der Waals surface area contributed by atoms with Crippen molar-refractivity contribution >= 4 is 28.5 Å². The van der Waals surface area contributed by atoms with Crippen LogP contribution in [0.1, 0.15) is 48.4 Å². The van der Waals surface area contributed by atoms with Crippen molar-refractivity contribution in [3.63, 3.8) is 0 Å². The number of nitrogens with one attached hydrogen (secondary N) is 1. The summed E-state index contributed by atoms with van der Waals surface area (Å²) < 4.78 is 5.72. The van der Waals surface area contributed by atoms with Crippen LogP contribution in [-0.2, 0) is 12.1 Å². The highest BCUT2D eigenvalue weighted by Crippen LogP contribution is 2.35. The van der Waals surface area contributed by atoms with E-state index in [0.717, 1.165) is 41.2 Å². The van der Waals surface area contributed by atoms with Crippen LogP contribution < -0.4 is 5.32 Å². The molecule has 6 heteroatoms. The molecule has 0 atom stereocenters. The fourth-order valence-electron chi connectivity index (χ4n) is 4.07. The molecular weight excluding hydrogens is 412 g/mol. The second kappa shape index (κ2) is 9.03. The van der Waals surface area contributed by atoms with E-state index in [9.17, 15) is 9.90 Å². The van der Waals surface area contributed by atoms with E-state index >= 15 is 0 Å². The predicted molar refractivity (Wildman–Crippen MR) is 123 cm³/mol. The lowest BCUT2D eigenvalue weighted by Crippen LogP contribution is -2.42. The maximum atomic E-state index is 12.3. The van der Waals surface area contributed by atoms with Crippen molar-refractivity contribution < 1.29 is 14.3 Å². The highest BCUT2D eigenvalue weighted by atomic mass is 35.5. The van der Waals surface area contributed by atoms with Crippen LogP contribution in [0, 0.1) is 5.92 Å². The number of rotatable bonds is 6. The Kier molecular flexibility index (Phi) is 6.37. The maximum absolute atomic E-state index is 12.3. The summed E-state index contributed by atoms with van der Waals surface area (Å²) in [5.41, 5.74) is 1.74. The number of furan rings is 1. The van der Waals surface area contributed by atoms with E-state index in [2.05, 4.69) is 10.2 Å². The van der Waals surface area contributed by atoms with E-state index in [1.165, 1.54) is 0 Å². The molecule has 5 nitrogen and oxygen atoms in total. The number of piperidine rings is 1. The smallest absolute Gasteiger partial charge is 0.287 e. The molecule has 0 aliphatic carbocycles. The summed E-state index contributed by atoms with van der Waals surface area (Å²) in [6.45, 7) is 7.05. The Balaban J connectivity index is 1.44. The fraction of sp³-hybridized carbons (Fsp3) is 0.400. The zero-order valence-electron chi connectivity index (χ0n) is 18.0. The first-order chi connectivity index (χ1) is 14.8. The number of amides is 1. The van der Waals surface area contributed by atoms with Gasteiger partial charge in [0.1, 0.15) is 5.58 Å². The third-order valence-electron chi connectivity index (χ3n) is 5.98. The van der Waals surface area contributed by atoms with Crippen molar-refractivity contribution in [3.8, 4) is 0 Å². The van der Waals surface area contributed by atoms with Crippen LogP contribution in [0.25, 0.3) is 11.0 Å². The number of halogens is 1. The topological polar surface area (TPSA) is 65.7 Å². The van der Waals surface area contributed by atoms with Crippen LogP contribution >= 0.6 is 11.6 Å². The average Bonchev–Trinajstić information content (AvgIpc) is 3.19. The van der Waals surface area contributed by atoms with Gasteiger partial charge < -0.3 is 14.8 Å².